The standard InChI is InChI=1S/C18H17Cl2FN2O3S/c1-22(27(25,26)13-6-4-12(19)5-7-13)11-17(24)23-10-2-3-14-15(20)8-9-16(21)18(14)23/h4-9H,2-3,10-11H2,1H3. The summed E-state index contributed by atoms with van der Waals surface area (Å²) < 4.78 is 40.6. The maximum Gasteiger partial charge on any atom is 0.243 e. The van der Waals surface area contributed by atoms with Gasteiger partial charge in [0.1, 0.15) is 5.82 Å². The molecule has 0 unspecified atom stereocenters. The Kier molecular flexibility index (Phi) is 5.76. The average Bonchev–Trinajstić information content (AvgIpc) is 2.64. The Morgan fingerprint density at radius 2 is 1.85 bits per heavy atom. The molecule has 1 amide bonds. The van der Waals surface area contributed by atoms with Crippen molar-refractivity contribution in [2.45, 2.75) is 17.7 Å². The molecule has 0 saturated carbocycles. The fraction of sp³-hybridized carbons (Fsp3) is 0.278. The van der Waals surface area contributed by atoms with Crippen LogP contribution in [0.25, 0.3) is 0 Å². The van der Waals surface area contributed by atoms with Crippen LogP contribution in [0.1, 0.15) is 12.0 Å². The molecule has 5 nitrogen and oxygen atoms in total. The largest absolute Gasteiger partial charge is 0.308 e. The van der Waals surface area contributed by atoms with Gasteiger partial charge in [-0.2, -0.15) is 4.31 Å². The van der Waals surface area contributed by atoms with Gasteiger partial charge in [-0.1, -0.05) is 23.2 Å². The minimum Gasteiger partial charge on any atom is -0.308 e. The fourth-order valence-electron chi connectivity index (χ4n) is 3.04. The van der Waals surface area contributed by atoms with Crippen molar-refractivity contribution >= 4 is 44.8 Å². The van der Waals surface area contributed by atoms with Gasteiger partial charge in [-0.3, -0.25) is 4.79 Å². The highest BCUT2D eigenvalue weighted by Crippen LogP contribution is 2.35. The van der Waals surface area contributed by atoms with Crippen LogP contribution in [0.3, 0.4) is 0 Å². The van der Waals surface area contributed by atoms with E-state index in [1.807, 2.05) is 0 Å². The first-order chi connectivity index (χ1) is 12.7. The topological polar surface area (TPSA) is 57.7 Å². The number of halogens is 3. The zero-order valence-corrected chi connectivity index (χ0v) is 16.8. The molecule has 0 radical (unpaired) electrons. The second-order valence-corrected chi connectivity index (χ2v) is 9.11. The van der Waals surface area contributed by atoms with Crippen molar-refractivity contribution < 1.29 is 17.6 Å². The Labute approximate surface area is 167 Å². The predicted molar refractivity (Wildman–Crippen MR) is 103 cm³/mol. The van der Waals surface area contributed by atoms with Gasteiger partial charge in [-0.15, -0.1) is 0 Å². The quantitative estimate of drug-likeness (QED) is 0.742. The molecule has 0 atom stereocenters. The van der Waals surface area contributed by atoms with Crippen LogP contribution in [0.15, 0.2) is 41.3 Å². The van der Waals surface area contributed by atoms with Crippen LogP contribution in [0.5, 0.6) is 0 Å². The summed E-state index contributed by atoms with van der Waals surface area (Å²) >= 11 is 11.9. The van der Waals surface area contributed by atoms with Gasteiger partial charge in [0, 0.05) is 23.6 Å². The highest BCUT2D eigenvalue weighted by molar-refractivity contribution is 7.89. The lowest BCUT2D eigenvalue weighted by Crippen LogP contribution is -2.43. The Morgan fingerprint density at radius 1 is 1.19 bits per heavy atom. The Hall–Kier alpha value is -1.67. The van der Waals surface area contributed by atoms with Gasteiger partial charge in [0.25, 0.3) is 0 Å². The van der Waals surface area contributed by atoms with Gasteiger partial charge >= 0.3 is 0 Å². The number of anilines is 1. The Morgan fingerprint density at radius 3 is 2.52 bits per heavy atom. The maximum atomic E-state index is 14.3. The van der Waals surface area contributed by atoms with Crippen molar-refractivity contribution in [3.8, 4) is 0 Å². The molecule has 144 valence electrons. The third-order valence-electron chi connectivity index (χ3n) is 4.44. The third kappa shape index (κ3) is 3.96. The number of amides is 1. The molecule has 0 bridgehead atoms. The normalized spacial score (nSPS) is 14.3. The van der Waals surface area contributed by atoms with Crippen LogP contribution in [0.4, 0.5) is 10.1 Å². The van der Waals surface area contributed by atoms with Gasteiger partial charge in [0.2, 0.25) is 15.9 Å². The van der Waals surface area contributed by atoms with E-state index in [9.17, 15) is 17.6 Å². The smallest absolute Gasteiger partial charge is 0.243 e. The molecule has 9 heteroatoms. The zero-order chi connectivity index (χ0) is 19.8. The van der Waals surface area contributed by atoms with E-state index in [1.54, 1.807) is 0 Å². The summed E-state index contributed by atoms with van der Waals surface area (Å²) in [5.41, 5.74) is 0.704. The van der Waals surface area contributed by atoms with E-state index in [2.05, 4.69) is 0 Å². The van der Waals surface area contributed by atoms with Crippen LogP contribution in [0.2, 0.25) is 10.0 Å². The number of carbonyl (C=O) groups excluding carboxylic acids is 1. The minimum atomic E-state index is -3.88. The number of rotatable bonds is 4. The van der Waals surface area contributed by atoms with Crippen LogP contribution in [0, 0.1) is 5.82 Å². The summed E-state index contributed by atoms with van der Waals surface area (Å²) in [5.74, 6) is -1.07. The van der Waals surface area contributed by atoms with Gasteiger partial charge in [0.05, 0.1) is 17.1 Å². The molecule has 27 heavy (non-hydrogen) atoms. The molecule has 0 aromatic heterocycles. The summed E-state index contributed by atoms with van der Waals surface area (Å²) in [4.78, 5) is 14.1. The average molecular weight is 431 g/mol. The molecule has 0 fully saturated rings. The predicted octanol–water partition coefficient (Wildman–Crippen LogP) is 3.73. The van der Waals surface area contributed by atoms with E-state index in [-0.39, 0.29) is 10.6 Å². The molecule has 0 aliphatic carbocycles. The van der Waals surface area contributed by atoms with Crippen molar-refractivity contribution in [1.82, 2.24) is 4.31 Å². The number of hydrogen-bond donors (Lipinski definition) is 0. The maximum absolute atomic E-state index is 14.3. The lowest BCUT2D eigenvalue weighted by molar-refractivity contribution is -0.118. The van der Waals surface area contributed by atoms with Crippen LogP contribution in [-0.4, -0.2) is 38.8 Å². The lowest BCUT2D eigenvalue weighted by Gasteiger charge is -2.31. The monoisotopic (exact) mass is 430 g/mol. The third-order valence-corrected chi connectivity index (χ3v) is 6.86. The van der Waals surface area contributed by atoms with Crippen molar-refractivity contribution in [3.63, 3.8) is 0 Å². The van der Waals surface area contributed by atoms with E-state index in [0.29, 0.717) is 35.0 Å². The lowest BCUT2D eigenvalue weighted by atomic mass is 10.0. The number of likely N-dealkylation sites (N-methyl/N-ethyl adjacent to an activating group) is 1. The van der Waals surface area contributed by atoms with Gasteiger partial charge in [0.15, 0.2) is 0 Å². The van der Waals surface area contributed by atoms with Gasteiger partial charge in [-0.05, 0) is 54.8 Å². The number of fused-ring (bicyclic) bond motifs is 1. The molecule has 0 saturated heterocycles. The summed E-state index contributed by atoms with van der Waals surface area (Å²) in [6, 6.07) is 8.33. The molecular weight excluding hydrogens is 414 g/mol. The summed E-state index contributed by atoms with van der Waals surface area (Å²) in [7, 11) is -2.57. The van der Waals surface area contributed by atoms with Gasteiger partial charge in [-0.25, -0.2) is 12.8 Å². The molecule has 1 aliphatic heterocycles. The number of sulfonamides is 1. The van der Waals surface area contributed by atoms with E-state index >= 15 is 0 Å². The molecule has 3 rings (SSSR count). The molecule has 1 aliphatic rings. The second kappa shape index (κ2) is 7.75. The van der Waals surface area contributed by atoms with E-state index in [1.165, 1.54) is 48.3 Å². The first kappa shape index (κ1) is 20.1. The van der Waals surface area contributed by atoms with Crippen molar-refractivity contribution in [1.29, 1.82) is 0 Å². The first-order valence-electron chi connectivity index (χ1n) is 8.21. The molecule has 2 aromatic carbocycles. The minimum absolute atomic E-state index is 0.0236. The highest BCUT2D eigenvalue weighted by atomic mass is 35.5. The highest BCUT2D eigenvalue weighted by Gasteiger charge is 2.30. The van der Waals surface area contributed by atoms with Crippen molar-refractivity contribution in [3.05, 3.63) is 57.8 Å². The van der Waals surface area contributed by atoms with E-state index in [0.717, 1.165) is 4.31 Å². The first-order valence-corrected chi connectivity index (χ1v) is 10.4. The number of benzene rings is 2. The van der Waals surface area contributed by atoms with Crippen LogP contribution in [-0.2, 0) is 21.2 Å². The van der Waals surface area contributed by atoms with E-state index < -0.39 is 28.3 Å². The number of nitrogens with zero attached hydrogens (tertiary/aromatic N) is 2. The molecular formula is C18H17Cl2FN2O3S. The molecule has 0 N–H and O–H groups in total. The number of hydrogen-bond acceptors (Lipinski definition) is 3. The molecule has 2 aromatic rings. The summed E-state index contributed by atoms with van der Waals surface area (Å²) in [5, 5.41) is 0.802. The molecule has 0 spiro atoms. The van der Waals surface area contributed by atoms with Crippen molar-refractivity contribution in [2.75, 3.05) is 25.0 Å². The van der Waals surface area contributed by atoms with Crippen molar-refractivity contribution in [2.24, 2.45) is 0 Å². The summed E-state index contributed by atoms with van der Waals surface area (Å²) in [6.07, 6.45) is 1.18. The number of carbonyl (C=O) groups is 1. The Bertz CT molecular complexity index is 981. The SMILES string of the molecule is CN(CC(=O)N1CCCc2c(Cl)ccc(F)c21)S(=O)(=O)c1ccc(Cl)cc1. The zero-order valence-electron chi connectivity index (χ0n) is 14.5. The fourth-order valence-corrected chi connectivity index (χ4v) is 4.53. The Balaban J connectivity index is 1.84. The summed E-state index contributed by atoms with van der Waals surface area (Å²) in [6.45, 7) is -0.117. The van der Waals surface area contributed by atoms with Gasteiger partial charge < -0.3 is 4.90 Å². The van der Waals surface area contributed by atoms with Crippen LogP contribution >= 0.6 is 23.2 Å². The van der Waals surface area contributed by atoms with Crippen LogP contribution < -0.4 is 4.90 Å². The second-order valence-electron chi connectivity index (χ2n) is 6.22. The molecule has 1 heterocycles. The van der Waals surface area contributed by atoms with E-state index in [4.69, 9.17) is 23.2 Å².